The Morgan fingerprint density at radius 2 is 2.17 bits per heavy atom. The molecule has 2 aromatic heterocycles. The summed E-state index contributed by atoms with van der Waals surface area (Å²) in [5.41, 5.74) is 0.817. The molecule has 24 heavy (non-hydrogen) atoms. The Hall–Kier alpha value is -1.66. The summed E-state index contributed by atoms with van der Waals surface area (Å²) in [7, 11) is 0. The number of nitrogens with one attached hydrogen (secondary N) is 1. The van der Waals surface area contributed by atoms with Gasteiger partial charge in [0.1, 0.15) is 10.6 Å². The number of nitrogens with zero attached hydrogens (tertiary/aromatic N) is 2. The third-order valence-corrected chi connectivity index (χ3v) is 5.88. The van der Waals surface area contributed by atoms with Crippen molar-refractivity contribution in [2.24, 2.45) is 0 Å². The second kappa shape index (κ2) is 7.49. The molecule has 1 N–H and O–H groups in total. The number of furan rings is 1. The molecule has 1 aliphatic rings. The molecule has 0 radical (unpaired) electrons. The molecule has 1 fully saturated rings. The van der Waals surface area contributed by atoms with Crippen LogP contribution in [0.15, 0.2) is 22.8 Å². The number of hydrogen-bond acceptors (Lipinski definition) is 5. The fraction of sp³-hybridized carbons (Fsp3) is 0.556. The van der Waals surface area contributed by atoms with Gasteiger partial charge >= 0.3 is 0 Å². The van der Waals surface area contributed by atoms with Gasteiger partial charge in [0.15, 0.2) is 0 Å². The molecule has 3 heterocycles. The maximum absolute atomic E-state index is 12.6. The lowest BCUT2D eigenvalue weighted by Gasteiger charge is -2.25. The van der Waals surface area contributed by atoms with E-state index < -0.39 is 0 Å². The van der Waals surface area contributed by atoms with E-state index in [2.05, 4.69) is 29.0 Å². The summed E-state index contributed by atoms with van der Waals surface area (Å²) in [5.74, 6) is 1.23. The molecule has 1 atom stereocenters. The van der Waals surface area contributed by atoms with Gasteiger partial charge in [0.25, 0.3) is 5.91 Å². The van der Waals surface area contributed by atoms with Crippen LogP contribution >= 0.6 is 11.3 Å². The average Bonchev–Trinajstić information content (AvgIpc) is 3.28. The van der Waals surface area contributed by atoms with E-state index in [-0.39, 0.29) is 11.9 Å². The van der Waals surface area contributed by atoms with E-state index in [0.29, 0.717) is 12.5 Å². The number of carbonyl (C=O) groups excluding carboxylic acids is 1. The van der Waals surface area contributed by atoms with Crippen LogP contribution in [0, 0.1) is 6.92 Å². The molecule has 1 amide bonds. The van der Waals surface area contributed by atoms with Crippen LogP contribution in [-0.4, -0.2) is 35.4 Å². The molecule has 5 nitrogen and oxygen atoms in total. The molecule has 3 rings (SSSR count). The fourth-order valence-electron chi connectivity index (χ4n) is 3.09. The van der Waals surface area contributed by atoms with Crippen LogP contribution in [0.3, 0.4) is 0 Å². The monoisotopic (exact) mass is 347 g/mol. The van der Waals surface area contributed by atoms with E-state index in [1.807, 2.05) is 19.1 Å². The van der Waals surface area contributed by atoms with E-state index in [9.17, 15) is 4.79 Å². The van der Waals surface area contributed by atoms with Crippen LogP contribution in [-0.2, 0) is 0 Å². The first-order chi connectivity index (χ1) is 11.6. The largest absolute Gasteiger partial charge is 0.468 e. The highest BCUT2D eigenvalue weighted by molar-refractivity contribution is 7.13. The molecule has 0 bridgehead atoms. The number of likely N-dealkylation sites (tertiary alicyclic amines) is 1. The van der Waals surface area contributed by atoms with Crippen LogP contribution in [0.2, 0.25) is 0 Å². The number of amides is 1. The Bertz CT molecular complexity index is 673. The van der Waals surface area contributed by atoms with Gasteiger partial charge in [0.05, 0.1) is 23.0 Å². The van der Waals surface area contributed by atoms with Crippen LogP contribution in [0.5, 0.6) is 0 Å². The van der Waals surface area contributed by atoms with Crippen molar-refractivity contribution in [2.75, 3.05) is 19.6 Å². The zero-order valence-corrected chi connectivity index (χ0v) is 15.4. The summed E-state index contributed by atoms with van der Waals surface area (Å²) >= 11 is 1.50. The van der Waals surface area contributed by atoms with Crippen molar-refractivity contribution in [3.63, 3.8) is 0 Å². The van der Waals surface area contributed by atoms with Crippen molar-refractivity contribution in [1.82, 2.24) is 15.2 Å². The molecule has 1 aliphatic heterocycles. The van der Waals surface area contributed by atoms with Gasteiger partial charge in [0, 0.05) is 12.5 Å². The summed E-state index contributed by atoms with van der Waals surface area (Å²) in [6.07, 6.45) is 4.11. The van der Waals surface area contributed by atoms with Crippen molar-refractivity contribution in [3.8, 4) is 0 Å². The molecule has 0 aliphatic carbocycles. The minimum Gasteiger partial charge on any atom is -0.468 e. The predicted octanol–water partition coefficient (Wildman–Crippen LogP) is 3.73. The molecular weight excluding hydrogens is 322 g/mol. The molecule has 0 spiro atoms. The van der Waals surface area contributed by atoms with Crippen LogP contribution < -0.4 is 5.32 Å². The van der Waals surface area contributed by atoms with Gasteiger partial charge in [-0.3, -0.25) is 9.69 Å². The predicted molar refractivity (Wildman–Crippen MR) is 95.5 cm³/mol. The SMILES string of the molecule is Cc1nc(C(C)C)sc1C(=O)NC[C@@H](c1ccco1)N1CCCC1. The number of aromatic nitrogens is 1. The average molecular weight is 347 g/mol. The van der Waals surface area contributed by atoms with E-state index in [1.54, 1.807) is 6.26 Å². The summed E-state index contributed by atoms with van der Waals surface area (Å²) in [6, 6.07) is 4.00. The Balaban J connectivity index is 1.69. The Morgan fingerprint density at radius 1 is 1.42 bits per heavy atom. The minimum atomic E-state index is -0.0346. The molecule has 1 saturated heterocycles. The molecular formula is C18H25N3O2S. The first kappa shape index (κ1) is 17.2. The lowest BCUT2D eigenvalue weighted by Crippen LogP contribution is -2.36. The maximum atomic E-state index is 12.6. The van der Waals surface area contributed by atoms with E-state index >= 15 is 0 Å². The molecule has 0 unspecified atom stereocenters. The van der Waals surface area contributed by atoms with E-state index in [4.69, 9.17) is 4.42 Å². The first-order valence-corrected chi connectivity index (χ1v) is 9.41. The highest BCUT2D eigenvalue weighted by atomic mass is 32.1. The van der Waals surface area contributed by atoms with Gasteiger partial charge in [-0.25, -0.2) is 4.98 Å². The van der Waals surface area contributed by atoms with Gasteiger partial charge in [0.2, 0.25) is 0 Å². The summed E-state index contributed by atoms with van der Waals surface area (Å²) in [6.45, 7) is 8.76. The third-order valence-electron chi connectivity index (χ3n) is 4.42. The fourth-order valence-corrected chi connectivity index (χ4v) is 4.07. The van der Waals surface area contributed by atoms with Crippen LogP contribution in [0.1, 0.15) is 64.8 Å². The molecule has 6 heteroatoms. The van der Waals surface area contributed by atoms with Crippen LogP contribution in [0.4, 0.5) is 0 Å². The smallest absolute Gasteiger partial charge is 0.263 e. The maximum Gasteiger partial charge on any atom is 0.263 e. The molecule has 130 valence electrons. The summed E-state index contributed by atoms with van der Waals surface area (Å²) < 4.78 is 5.60. The second-order valence-corrected chi connectivity index (χ2v) is 7.64. The Labute approximate surface area is 147 Å². The minimum absolute atomic E-state index is 0.0346. The number of aryl methyl sites for hydroxylation is 1. The lowest BCUT2D eigenvalue weighted by atomic mass is 10.2. The van der Waals surface area contributed by atoms with Gasteiger partial charge in [-0.1, -0.05) is 13.8 Å². The zero-order valence-electron chi connectivity index (χ0n) is 14.5. The topological polar surface area (TPSA) is 58.4 Å². The highest BCUT2D eigenvalue weighted by Crippen LogP contribution is 2.26. The van der Waals surface area contributed by atoms with Crippen molar-refractivity contribution in [3.05, 3.63) is 39.7 Å². The van der Waals surface area contributed by atoms with E-state index in [1.165, 1.54) is 24.2 Å². The van der Waals surface area contributed by atoms with Gasteiger partial charge in [-0.2, -0.15) is 0 Å². The van der Waals surface area contributed by atoms with Gasteiger partial charge in [-0.05, 0) is 45.0 Å². The molecule has 0 saturated carbocycles. The molecule has 2 aromatic rings. The van der Waals surface area contributed by atoms with Gasteiger partial charge < -0.3 is 9.73 Å². The third kappa shape index (κ3) is 3.70. The quantitative estimate of drug-likeness (QED) is 0.865. The molecule has 0 aromatic carbocycles. The van der Waals surface area contributed by atoms with E-state index in [0.717, 1.165) is 34.4 Å². The first-order valence-electron chi connectivity index (χ1n) is 8.59. The highest BCUT2D eigenvalue weighted by Gasteiger charge is 2.26. The Morgan fingerprint density at radius 3 is 2.75 bits per heavy atom. The van der Waals surface area contributed by atoms with Gasteiger partial charge in [-0.15, -0.1) is 11.3 Å². The number of carbonyl (C=O) groups is 1. The standard InChI is InChI=1S/C18H25N3O2S/c1-12(2)18-20-13(3)16(24-18)17(22)19-11-14(15-7-6-10-23-15)21-8-4-5-9-21/h6-7,10,12,14H,4-5,8-9,11H2,1-3H3,(H,19,22)/t14-/m0/s1. The number of thiazole rings is 1. The zero-order chi connectivity index (χ0) is 17.1. The lowest BCUT2D eigenvalue weighted by molar-refractivity contribution is 0.0937. The summed E-state index contributed by atoms with van der Waals surface area (Å²) in [5, 5.41) is 4.10. The van der Waals surface area contributed by atoms with Crippen molar-refractivity contribution < 1.29 is 9.21 Å². The Kier molecular flexibility index (Phi) is 5.36. The van der Waals surface area contributed by atoms with Crippen molar-refractivity contribution in [1.29, 1.82) is 0 Å². The van der Waals surface area contributed by atoms with Crippen LogP contribution in [0.25, 0.3) is 0 Å². The normalized spacial score (nSPS) is 16.7. The van der Waals surface area contributed by atoms with Crippen molar-refractivity contribution in [2.45, 2.75) is 45.6 Å². The second-order valence-electron chi connectivity index (χ2n) is 6.61. The number of hydrogen-bond donors (Lipinski definition) is 1. The summed E-state index contributed by atoms with van der Waals surface area (Å²) in [4.78, 5) is 20.2. The van der Waals surface area contributed by atoms with Crippen molar-refractivity contribution >= 4 is 17.2 Å². The number of rotatable bonds is 6.